The highest BCUT2D eigenvalue weighted by Crippen LogP contribution is 2.48. The molecule has 0 radical (unpaired) electrons. The molecule has 0 N–H and O–H groups in total. The second kappa shape index (κ2) is 6.38. The molecule has 2 aromatic heterocycles. The van der Waals surface area contributed by atoms with E-state index in [1.54, 1.807) is 6.20 Å². The van der Waals surface area contributed by atoms with Crippen LogP contribution in [-0.2, 0) is 11.2 Å². The van der Waals surface area contributed by atoms with Crippen LogP contribution in [0.3, 0.4) is 0 Å². The molecule has 126 valence electrons. The molecule has 2 fully saturated rings. The van der Waals surface area contributed by atoms with Crippen molar-refractivity contribution in [3.63, 3.8) is 0 Å². The van der Waals surface area contributed by atoms with Crippen LogP contribution in [0.2, 0.25) is 0 Å². The molecule has 24 heavy (non-hydrogen) atoms. The molecule has 4 rings (SSSR count). The molecule has 0 bridgehead atoms. The fourth-order valence-electron chi connectivity index (χ4n) is 4.00. The highest BCUT2D eigenvalue weighted by Gasteiger charge is 2.46. The van der Waals surface area contributed by atoms with Gasteiger partial charge >= 0.3 is 0 Å². The molecule has 1 saturated heterocycles. The number of rotatable bonds is 4. The summed E-state index contributed by atoms with van der Waals surface area (Å²) in [5, 5.41) is 0. The van der Waals surface area contributed by atoms with E-state index in [0.29, 0.717) is 17.9 Å². The van der Waals surface area contributed by atoms with Gasteiger partial charge in [-0.2, -0.15) is 0 Å². The van der Waals surface area contributed by atoms with Gasteiger partial charge < -0.3 is 9.47 Å². The molecule has 0 aromatic carbocycles. The Morgan fingerprint density at radius 2 is 2.29 bits per heavy atom. The smallest absolute Gasteiger partial charge is 0.226 e. The molecule has 1 amide bonds. The van der Waals surface area contributed by atoms with Crippen LogP contribution in [0, 0.1) is 5.92 Å². The third kappa shape index (κ3) is 2.83. The van der Waals surface area contributed by atoms with Crippen LogP contribution < -0.4 is 0 Å². The number of imidazole rings is 1. The first kappa shape index (κ1) is 15.4. The first-order valence-electron chi connectivity index (χ1n) is 8.98. The minimum absolute atomic E-state index is 0.154. The molecule has 0 unspecified atom stereocenters. The maximum Gasteiger partial charge on any atom is 0.226 e. The summed E-state index contributed by atoms with van der Waals surface area (Å²) >= 11 is 0. The lowest BCUT2D eigenvalue weighted by Crippen LogP contribution is -2.41. The average molecular weight is 324 g/mol. The predicted molar refractivity (Wildman–Crippen MR) is 91.5 cm³/mol. The number of pyridine rings is 1. The quantitative estimate of drug-likeness (QED) is 0.869. The normalized spacial score (nSPS) is 26.4. The molecule has 0 spiro atoms. The molecule has 3 heterocycles. The molecule has 5 nitrogen and oxygen atoms in total. The van der Waals surface area contributed by atoms with E-state index in [9.17, 15) is 4.79 Å². The monoisotopic (exact) mass is 324 g/mol. The summed E-state index contributed by atoms with van der Waals surface area (Å²) in [4.78, 5) is 23.6. The van der Waals surface area contributed by atoms with Gasteiger partial charge in [-0.3, -0.25) is 9.78 Å². The summed E-state index contributed by atoms with van der Waals surface area (Å²) in [7, 11) is 0. The number of aromatic nitrogens is 3. The van der Waals surface area contributed by atoms with Crippen LogP contribution in [0.1, 0.15) is 49.5 Å². The molecular weight excluding hydrogens is 300 g/mol. The van der Waals surface area contributed by atoms with E-state index in [-0.39, 0.29) is 5.92 Å². The summed E-state index contributed by atoms with van der Waals surface area (Å²) in [6.45, 7) is 3.84. The van der Waals surface area contributed by atoms with E-state index in [0.717, 1.165) is 44.6 Å². The van der Waals surface area contributed by atoms with Crippen LogP contribution >= 0.6 is 0 Å². The molecule has 2 aromatic rings. The third-order valence-corrected chi connectivity index (χ3v) is 5.39. The highest BCUT2D eigenvalue weighted by molar-refractivity contribution is 5.83. The largest absolute Gasteiger partial charge is 0.340 e. The summed E-state index contributed by atoms with van der Waals surface area (Å²) in [5.41, 5.74) is 1.20. The molecule has 2 aliphatic rings. The Morgan fingerprint density at radius 1 is 1.38 bits per heavy atom. The first-order valence-corrected chi connectivity index (χ1v) is 8.98. The number of hydrogen-bond acceptors (Lipinski definition) is 3. The highest BCUT2D eigenvalue weighted by atomic mass is 16.2. The molecular formula is C19H24N4O. The average Bonchev–Trinajstić information content (AvgIpc) is 3.30. The number of nitrogens with zero attached hydrogens (tertiary/aromatic N) is 4. The van der Waals surface area contributed by atoms with Crippen molar-refractivity contribution in [3.8, 4) is 0 Å². The maximum atomic E-state index is 12.9. The molecule has 1 aliphatic carbocycles. The molecule has 1 aliphatic heterocycles. The van der Waals surface area contributed by atoms with Crippen molar-refractivity contribution in [2.45, 2.75) is 44.6 Å². The van der Waals surface area contributed by atoms with Crippen molar-refractivity contribution in [2.75, 3.05) is 13.1 Å². The number of hydrogen-bond donors (Lipinski definition) is 0. The van der Waals surface area contributed by atoms with Crippen LogP contribution in [-0.4, -0.2) is 38.4 Å². The van der Waals surface area contributed by atoms with Crippen LogP contribution in [0.25, 0.3) is 0 Å². The van der Waals surface area contributed by atoms with Crippen LogP contribution in [0.4, 0.5) is 0 Å². The number of piperidine rings is 1. The number of carbonyl (C=O) groups excluding carboxylic acids is 1. The Kier molecular flexibility index (Phi) is 4.08. The number of likely N-dealkylation sites (tertiary alicyclic amines) is 1. The molecule has 3 atom stereocenters. The standard InChI is InChI=1S/C19H24N4O/c1-2-18-21-8-10-23(18)15-6-4-9-22(13-15)19(24)17-11-16(17)14-5-3-7-20-12-14/h3,5,7-8,10,12,15-17H,2,4,6,9,11,13H2,1H3/t15-,16-,17-/m1/s1. The summed E-state index contributed by atoms with van der Waals surface area (Å²) in [6, 6.07) is 4.41. The first-order chi connectivity index (χ1) is 11.8. The van der Waals surface area contributed by atoms with Gasteiger partial charge in [-0.1, -0.05) is 13.0 Å². The fraction of sp³-hybridized carbons (Fsp3) is 0.526. The minimum atomic E-state index is 0.154. The number of carbonyl (C=O) groups is 1. The van der Waals surface area contributed by atoms with Crippen molar-refractivity contribution in [3.05, 3.63) is 48.3 Å². The van der Waals surface area contributed by atoms with Crippen molar-refractivity contribution < 1.29 is 4.79 Å². The van der Waals surface area contributed by atoms with E-state index in [4.69, 9.17) is 0 Å². The van der Waals surface area contributed by atoms with E-state index >= 15 is 0 Å². The maximum absolute atomic E-state index is 12.9. The minimum Gasteiger partial charge on any atom is -0.340 e. The van der Waals surface area contributed by atoms with Gasteiger partial charge in [0.1, 0.15) is 5.82 Å². The van der Waals surface area contributed by atoms with Gasteiger partial charge in [0.2, 0.25) is 5.91 Å². The van der Waals surface area contributed by atoms with E-state index < -0.39 is 0 Å². The Bertz CT molecular complexity index is 711. The Labute approximate surface area is 142 Å². The van der Waals surface area contributed by atoms with E-state index in [1.807, 2.05) is 18.5 Å². The molecule has 5 heteroatoms. The van der Waals surface area contributed by atoms with Crippen molar-refractivity contribution >= 4 is 5.91 Å². The van der Waals surface area contributed by atoms with Gasteiger partial charge in [-0.05, 0) is 36.8 Å². The van der Waals surface area contributed by atoms with Gasteiger partial charge in [0.15, 0.2) is 0 Å². The van der Waals surface area contributed by atoms with Crippen LogP contribution in [0.15, 0.2) is 36.9 Å². The van der Waals surface area contributed by atoms with E-state index in [1.165, 1.54) is 5.56 Å². The van der Waals surface area contributed by atoms with Crippen LogP contribution in [0.5, 0.6) is 0 Å². The zero-order valence-corrected chi connectivity index (χ0v) is 14.1. The summed E-state index contributed by atoms with van der Waals surface area (Å²) in [6.07, 6.45) is 11.7. The fourth-order valence-corrected chi connectivity index (χ4v) is 4.00. The van der Waals surface area contributed by atoms with Gasteiger partial charge in [0.05, 0.1) is 6.04 Å². The topological polar surface area (TPSA) is 51.0 Å². The number of amides is 1. The van der Waals surface area contributed by atoms with Crippen molar-refractivity contribution in [1.29, 1.82) is 0 Å². The lowest BCUT2D eigenvalue weighted by atomic mass is 10.0. The Balaban J connectivity index is 1.42. The summed E-state index contributed by atoms with van der Waals surface area (Å²) < 4.78 is 2.27. The Hall–Kier alpha value is -2.17. The lowest BCUT2D eigenvalue weighted by molar-refractivity contribution is -0.134. The van der Waals surface area contributed by atoms with Gasteiger partial charge in [0, 0.05) is 50.2 Å². The number of aryl methyl sites for hydroxylation is 1. The zero-order chi connectivity index (χ0) is 16.5. The van der Waals surface area contributed by atoms with Gasteiger partial charge in [-0.15, -0.1) is 0 Å². The van der Waals surface area contributed by atoms with E-state index in [2.05, 4.69) is 38.6 Å². The van der Waals surface area contributed by atoms with Crippen molar-refractivity contribution in [1.82, 2.24) is 19.4 Å². The summed E-state index contributed by atoms with van der Waals surface area (Å²) in [5.74, 6) is 1.97. The van der Waals surface area contributed by atoms with Gasteiger partial charge in [-0.25, -0.2) is 4.98 Å². The molecule has 1 saturated carbocycles. The Morgan fingerprint density at radius 3 is 3.08 bits per heavy atom. The van der Waals surface area contributed by atoms with Gasteiger partial charge in [0.25, 0.3) is 0 Å². The predicted octanol–water partition coefficient (Wildman–Crippen LogP) is 2.81. The van der Waals surface area contributed by atoms with Crippen molar-refractivity contribution in [2.24, 2.45) is 5.92 Å². The zero-order valence-electron chi connectivity index (χ0n) is 14.1. The second-order valence-corrected chi connectivity index (χ2v) is 6.92. The lowest BCUT2D eigenvalue weighted by Gasteiger charge is -2.34. The SMILES string of the molecule is CCc1nccn1[C@@H]1CCCN(C(=O)[C@@H]2C[C@@H]2c2cccnc2)C1. The third-order valence-electron chi connectivity index (χ3n) is 5.39. The second-order valence-electron chi connectivity index (χ2n) is 6.92.